The van der Waals surface area contributed by atoms with Crippen molar-refractivity contribution in [2.24, 2.45) is 0 Å². The largest absolute Gasteiger partial charge is 0.352 e. The van der Waals surface area contributed by atoms with Crippen LogP contribution in [-0.2, 0) is 4.79 Å². The summed E-state index contributed by atoms with van der Waals surface area (Å²) in [7, 11) is 0. The first-order chi connectivity index (χ1) is 11.6. The molecule has 0 aliphatic carbocycles. The number of hydrogen-bond acceptors (Lipinski definition) is 5. The lowest BCUT2D eigenvalue weighted by atomic mass is 10.2. The molecule has 24 heavy (non-hydrogen) atoms. The summed E-state index contributed by atoms with van der Waals surface area (Å²) in [5.74, 6) is 1.01. The number of rotatable bonds is 3. The van der Waals surface area contributed by atoms with Crippen molar-refractivity contribution in [3.8, 4) is 0 Å². The van der Waals surface area contributed by atoms with E-state index in [1.807, 2.05) is 11.8 Å². The van der Waals surface area contributed by atoms with Gasteiger partial charge in [-0.1, -0.05) is 12.8 Å². The third-order valence-corrected chi connectivity index (χ3v) is 5.13. The van der Waals surface area contributed by atoms with Crippen LogP contribution in [0.4, 0.5) is 5.82 Å². The van der Waals surface area contributed by atoms with E-state index in [2.05, 4.69) is 20.0 Å². The molecule has 1 aromatic rings. The maximum Gasteiger partial charge on any atom is 0.264 e. The van der Waals surface area contributed by atoms with Crippen molar-refractivity contribution in [2.45, 2.75) is 38.6 Å². The molecule has 2 aliphatic rings. The number of aromatic amines is 1. The van der Waals surface area contributed by atoms with Crippen molar-refractivity contribution in [3.05, 3.63) is 22.5 Å². The van der Waals surface area contributed by atoms with Crippen LogP contribution in [0.15, 0.2) is 16.9 Å². The van der Waals surface area contributed by atoms with Gasteiger partial charge < -0.3 is 9.80 Å². The number of H-pyrrole nitrogens is 1. The SMILES string of the molecule is CC(C(=O)N1CCN(c2ccc(=O)[nH]n2)CC1)N1CCCCCC1. The lowest BCUT2D eigenvalue weighted by molar-refractivity contribution is -0.136. The highest BCUT2D eigenvalue weighted by Crippen LogP contribution is 2.16. The molecule has 1 N–H and O–H groups in total. The molecular formula is C17H27N5O2. The van der Waals surface area contributed by atoms with Crippen LogP contribution in [0, 0.1) is 0 Å². The minimum atomic E-state index is -0.196. The third kappa shape index (κ3) is 3.95. The molecule has 7 heteroatoms. The molecule has 0 spiro atoms. The number of nitrogens with zero attached hydrogens (tertiary/aromatic N) is 4. The van der Waals surface area contributed by atoms with Gasteiger partial charge in [0.2, 0.25) is 5.91 Å². The Balaban J connectivity index is 1.54. The lowest BCUT2D eigenvalue weighted by Crippen LogP contribution is -2.54. The molecule has 2 fully saturated rings. The van der Waals surface area contributed by atoms with Gasteiger partial charge in [0, 0.05) is 32.2 Å². The van der Waals surface area contributed by atoms with Crippen LogP contribution >= 0.6 is 0 Å². The number of nitrogens with one attached hydrogen (secondary N) is 1. The topological polar surface area (TPSA) is 72.5 Å². The first-order valence-electron chi connectivity index (χ1n) is 8.98. The zero-order valence-electron chi connectivity index (χ0n) is 14.4. The molecule has 2 saturated heterocycles. The Bertz CT molecular complexity index is 581. The van der Waals surface area contributed by atoms with Gasteiger partial charge in [-0.2, -0.15) is 5.10 Å². The van der Waals surface area contributed by atoms with Crippen LogP contribution in [0.25, 0.3) is 0 Å². The van der Waals surface area contributed by atoms with Crippen molar-refractivity contribution >= 4 is 11.7 Å². The van der Waals surface area contributed by atoms with Crippen LogP contribution in [0.5, 0.6) is 0 Å². The van der Waals surface area contributed by atoms with Gasteiger partial charge in [-0.3, -0.25) is 14.5 Å². The summed E-state index contributed by atoms with van der Waals surface area (Å²) in [6.07, 6.45) is 4.96. The van der Waals surface area contributed by atoms with E-state index in [0.29, 0.717) is 13.1 Å². The second-order valence-corrected chi connectivity index (χ2v) is 6.72. The Morgan fingerprint density at radius 3 is 2.29 bits per heavy atom. The Morgan fingerprint density at radius 2 is 1.71 bits per heavy atom. The molecule has 7 nitrogen and oxygen atoms in total. The van der Waals surface area contributed by atoms with Crippen molar-refractivity contribution in [3.63, 3.8) is 0 Å². The van der Waals surface area contributed by atoms with Crippen molar-refractivity contribution in [1.29, 1.82) is 0 Å². The average molecular weight is 333 g/mol. The maximum absolute atomic E-state index is 12.8. The van der Waals surface area contributed by atoms with Gasteiger partial charge >= 0.3 is 0 Å². The van der Waals surface area contributed by atoms with Crippen LogP contribution in [-0.4, -0.2) is 71.2 Å². The molecule has 0 saturated carbocycles. The molecule has 3 rings (SSSR count). The maximum atomic E-state index is 12.8. The van der Waals surface area contributed by atoms with E-state index < -0.39 is 0 Å². The molecule has 3 heterocycles. The van der Waals surface area contributed by atoms with E-state index in [4.69, 9.17) is 0 Å². The van der Waals surface area contributed by atoms with E-state index in [1.54, 1.807) is 6.07 Å². The number of carbonyl (C=O) groups is 1. The Kier molecular flexibility index (Phi) is 5.50. The number of likely N-dealkylation sites (tertiary alicyclic amines) is 1. The van der Waals surface area contributed by atoms with E-state index in [1.165, 1.54) is 31.7 Å². The van der Waals surface area contributed by atoms with E-state index in [9.17, 15) is 9.59 Å². The second kappa shape index (κ2) is 7.79. The van der Waals surface area contributed by atoms with Gasteiger partial charge in [-0.15, -0.1) is 0 Å². The molecule has 0 aromatic carbocycles. The summed E-state index contributed by atoms with van der Waals surface area (Å²) in [4.78, 5) is 30.3. The standard InChI is InChI=1S/C17H27N5O2/c1-14(20-8-4-2-3-5-9-20)17(24)22-12-10-21(11-13-22)15-6-7-16(23)19-18-15/h6-7,14H,2-5,8-13H2,1H3,(H,19,23). The van der Waals surface area contributed by atoms with Crippen LogP contribution in [0.1, 0.15) is 32.6 Å². The Labute approximate surface area is 142 Å². The zero-order valence-corrected chi connectivity index (χ0v) is 14.4. The molecule has 2 aliphatic heterocycles. The molecule has 0 bridgehead atoms. The van der Waals surface area contributed by atoms with Crippen molar-refractivity contribution in [1.82, 2.24) is 20.0 Å². The summed E-state index contributed by atoms with van der Waals surface area (Å²) in [6, 6.07) is 3.19. The van der Waals surface area contributed by atoms with Gasteiger partial charge in [-0.05, 0) is 38.9 Å². The summed E-state index contributed by atoms with van der Waals surface area (Å²) < 4.78 is 0. The fraction of sp³-hybridized carbons (Fsp3) is 0.706. The van der Waals surface area contributed by atoms with Crippen LogP contribution in [0.3, 0.4) is 0 Å². The minimum absolute atomic E-state index is 0.0270. The van der Waals surface area contributed by atoms with Gasteiger partial charge in [0.15, 0.2) is 0 Å². The van der Waals surface area contributed by atoms with Gasteiger partial charge in [-0.25, -0.2) is 5.10 Å². The predicted octanol–water partition coefficient (Wildman–Crippen LogP) is 0.683. The molecule has 1 amide bonds. The van der Waals surface area contributed by atoms with Crippen molar-refractivity contribution in [2.75, 3.05) is 44.2 Å². The van der Waals surface area contributed by atoms with Gasteiger partial charge in [0.1, 0.15) is 5.82 Å². The summed E-state index contributed by atoms with van der Waals surface area (Å²) >= 11 is 0. The monoisotopic (exact) mass is 333 g/mol. The smallest absolute Gasteiger partial charge is 0.264 e. The minimum Gasteiger partial charge on any atom is -0.352 e. The fourth-order valence-electron chi connectivity index (χ4n) is 3.57. The lowest BCUT2D eigenvalue weighted by Gasteiger charge is -2.38. The molecule has 1 aromatic heterocycles. The number of hydrogen-bond donors (Lipinski definition) is 1. The van der Waals surface area contributed by atoms with E-state index >= 15 is 0 Å². The first-order valence-corrected chi connectivity index (χ1v) is 8.98. The number of amides is 1. The summed E-state index contributed by atoms with van der Waals surface area (Å²) in [5, 5.41) is 6.53. The highest BCUT2D eigenvalue weighted by molar-refractivity contribution is 5.81. The van der Waals surface area contributed by atoms with E-state index in [0.717, 1.165) is 32.0 Å². The second-order valence-electron chi connectivity index (χ2n) is 6.72. The Morgan fingerprint density at radius 1 is 1.04 bits per heavy atom. The van der Waals surface area contributed by atoms with Gasteiger partial charge in [0.05, 0.1) is 6.04 Å². The summed E-state index contributed by atoms with van der Waals surface area (Å²) in [5.41, 5.74) is -0.196. The van der Waals surface area contributed by atoms with Crippen LogP contribution < -0.4 is 10.5 Å². The highest BCUT2D eigenvalue weighted by atomic mass is 16.2. The molecule has 0 radical (unpaired) electrons. The van der Waals surface area contributed by atoms with Crippen LogP contribution in [0.2, 0.25) is 0 Å². The predicted molar refractivity (Wildman–Crippen MR) is 93.2 cm³/mol. The number of anilines is 1. The molecular weight excluding hydrogens is 306 g/mol. The highest BCUT2D eigenvalue weighted by Gasteiger charge is 2.29. The average Bonchev–Trinajstić information content (AvgIpc) is 2.91. The zero-order chi connectivity index (χ0) is 16.9. The van der Waals surface area contributed by atoms with Gasteiger partial charge in [0.25, 0.3) is 5.56 Å². The molecule has 1 atom stereocenters. The quantitative estimate of drug-likeness (QED) is 0.881. The number of aromatic nitrogens is 2. The number of carbonyl (C=O) groups excluding carboxylic acids is 1. The first kappa shape index (κ1) is 17.0. The third-order valence-electron chi connectivity index (χ3n) is 5.13. The fourth-order valence-corrected chi connectivity index (χ4v) is 3.57. The van der Waals surface area contributed by atoms with E-state index in [-0.39, 0.29) is 17.5 Å². The normalized spacial score (nSPS) is 21.4. The molecule has 1 unspecified atom stereocenters. The van der Waals surface area contributed by atoms with Crippen molar-refractivity contribution < 1.29 is 4.79 Å². The number of piperazine rings is 1. The summed E-state index contributed by atoms with van der Waals surface area (Å²) in [6.45, 7) is 7.02. The Hall–Kier alpha value is -1.89. The molecule has 132 valence electrons.